The van der Waals surface area contributed by atoms with E-state index in [2.05, 4.69) is 16.0 Å². The van der Waals surface area contributed by atoms with Gasteiger partial charge >= 0.3 is 0 Å². The van der Waals surface area contributed by atoms with Crippen molar-refractivity contribution in [2.45, 2.75) is 50.4 Å². The van der Waals surface area contributed by atoms with E-state index in [-0.39, 0.29) is 34.8 Å². The number of epoxide rings is 1. The minimum atomic E-state index is -1.76. The lowest BCUT2D eigenvalue weighted by molar-refractivity contribution is -0.136. The number of nitrogens with one attached hydrogen (secondary N) is 3. The highest BCUT2D eigenvalue weighted by molar-refractivity contribution is 7.98. The SMILES string of the molecule is COC[C@H](NC(=O)[C@](C=O)(CSC)Nc1cc(Cl)ccc1Cl)C(=O)N[C@@H](CC(C)C)C(=O)C1(C)CO1. The first-order chi connectivity index (χ1) is 16.9. The summed E-state index contributed by atoms with van der Waals surface area (Å²) < 4.78 is 10.4. The van der Waals surface area contributed by atoms with Gasteiger partial charge < -0.3 is 30.2 Å². The average Bonchev–Trinajstić information content (AvgIpc) is 3.57. The fourth-order valence-corrected chi connectivity index (χ4v) is 4.63. The molecule has 9 nitrogen and oxygen atoms in total. The average molecular weight is 563 g/mol. The van der Waals surface area contributed by atoms with Gasteiger partial charge in [-0.2, -0.15) is 11.8 Å². The van der Waals surface area contributed by atoms with Crippen molar-refractivity contribution in [1.82, 2.24) is 10.6 Å². The molecule has 1 unspecified atom stereocenters. The van der Waals surface area contributed by atoms with Gasteiger partial charge in [0.2, 0.25) is 5.91 Å². The van der Waals surface area contributed by atoms with Gasteiger partial charge in [-0.15, -0.1) is 0 Å². The number of thioether (sulfide) groups is 1. The maximum absolute atomic E-state index is 13.4. The molecule has 3 N–H and O–H groups in total. The van der Waals surface area contributed by atoms with Crippen LogP contribution < -0.4 is 16.0 Å². The smallest absolute Gasteiger partial charge is 0.254 e. The molecule has 12 heteroatoms. The molecule has 2 amide bonds. The number of methoxy groups -OCH3 is 1. The zero-order valence-corrected chi connectivity index (χ0v) is 23.3. The molecule has 36 heavy (non-hydrogen) atoms. The van der Waals surface area contributed by atoms with Crippen molar-refractivity contribution in [3.8, 4) is 0 Å². The number of carbonyl (C=O) groups is 4. The predicted molar refractivity (Wildman–Crippen MR) is 142 cm³/mol. The summed E-state index contributed by atoms with van der Waals surface area (Å²) in [5, 5.41) is 8.85. The molecule has 4 atom stereocenters. The van der Waals surface area contributed by atoms with Crippen molar-refractivity contribution >= 4 is 64.5 Å². The Morgan fingerprint density at radius 1 is 1.25 bits per heavy atom. The third-order valence-electron chi connectivity index (χ3n) is 5.66. The molecule has 1 fully saturated rings. The molecule has 0 spiro atoms. The molecule has 1 heterocycles. The Morgan fingerprint density at radius 2 is 1.92 bits per heavy atom. The van der Waals surface area contributed by atoms with Crippen LogP contribution in [-0.4, -0.2) is 79.4 Å². The van der Waals surface area contributed by atoms with Crippen molar-refractivity contribution in [1.29, 1.82) is 0 Å². The van der Waals surface area contributed by atoms with E-state index in [0.29, 0.717) is 24.3 Å². The van der Waals surface area contributed by atoms with Gasteiger partial charge in [-0.3, -0.25) is 14.4 Å². The van der Waals surface area contributed by atoms with Gasteiger partial charge in [0.05, 0.1) is 30.0 Å². The number of Topliss-reactive ketones (excluding diaryl/α,β-unsaturated/α-hetero) is 1. The van der Waals surface area contributed by atoms with E-state index < -0.39 is 35.0 Å². The lowest BCUT2D eigenvalue weighted by atomic mass is 9.93. The van der Waals surface area contributed by atoms with E-state index in [0.717, 1.165) is 0 Å². The number of aldehydes is 1. The molecule has 0 bridgehead atoms. The van der Waals surface area contributed by atoms with E-state index in [9.17, 15) is 19.2 Å². The highest BCUT2D eigenvalue weighted by Gasteiger charge is 2.50. The molecular formula is C24H33Cl2N3O6S. The molecule has 1 aromatic carbocycles. The number of carbonyl (C=O) groups excluding carboxylic acids is 4. The van der Waals surface area contributed by atoms with Gasteiger partial charge in [0.25, 0.3) is 5.91 Å². The second kappa shape index (κ2) is 13.1. The van der Waals surface area contributed by atoms with Crippen molar-refractivity contribution in [2.75, 3.05) is 37.6 Å². The van der Waals surface area contributed by atoms with E-state index in [1.807, 2.05) is 13.8 Å². The van der Waals surface area contributed by atoms with Crippen LogP contribution in [0.2, 0.25) is 10.0 Å². The van der Waals surface area contributed by atoms with Crippen molar-refractivity contribution in [3.63, 3.8) is 0 Å². The topological polar surface area (TPSA) is 126 Å². The van der Waals surface area contributed by atoms with Crippen LogP contribution in [-0.2, 0) is 28.7 Å². The van der Waals surface area contributed by atoms with Crippen LogP contribution in [0.25, 0.3) is 0 Å². The third kappa shape index (κ3) is 7.82. The minimum Gasteiger partial charge on any atom is -0.382 e. The number of amides is 2. The zero-order chi connectivity index (χ0) is 27.1. The Labute approximate surface area is 225 Å². The number of anilines is 1. The summed E-state index contributed by atoms with van der Waals surface area (Å²) in [6, 6.07) is 2.64. The van der Waals surface area contributed by atoms with Crippen LogP contribution in [0.4, 0.5) is 5.69 Å². The fraction of sp³-hybridized carbons (Fsp3) is 0.583. The van der Waals surface area contributed by atoms with Crippen molar-refractivity contribution in [3.05, 3.63) is 28.2 Å². The first-order valence-electron chi connectivity index (χ1n) is 11.4. The van der Waals surface area contributed by atoms with E-state index >= 15 is 0 Å². The van der Waals surface area contributed by atoms with Gasteiger partial charge in [-0.1, -0.05) is 37.0 Å². The molecule has 1 aliphatic rings. The summed E-state index contributed by atoms with van der Waals surface area (Å²) in [5.74, 6) is -1.44. The zero-order valence-electron chi connectivity index (χ0n) is 21.0. The van der Waals surface area contributed by atoms with Crippen LogP contribution in [0.3, 0.4) is 0 Å². The lowest BCUT2D eigenvalue weighted by Crippen LogP contribution is -2.62. The standard InChI is InChI=1S/C24H33Cl2N3O6S/c1-14(2)8-18(20(31)23(3)12-35-23)27-21(32)19(10-34-4)28-22(33)24(11-30,13-36-5)29-17-9-15(25)6-7-16(17)26/h6-7,9,11,14,18-19,29H,8,10,12-13H2,1-5H3,(H,27,32)(H,28,33)/t18-,19-,23?,24-/m0/s1. The summed E-state index contributed by atoms with van der Waals surface area (Å²) in [7, 11) is 1.38. The lowest BCUT2D eigenvalue weighted by Gasteiger charge is -2.31. The highest BCUT2D eigenvalue weighted by atomic mass is 35.5. The third-order valence-corrected chi connectivity index (χ3v) is 6.97. The largest absolute Gasteiger partial charge is 0.382 e. The monoisotopic (exact) mass is 561 g/mol. The maximum atomic E-state index is 13.4. The molecule has 200 valence electrons. The normalized spacial score (nSPS) is 20.1. The number of hydrogen-bond acceptors (Lipinski definition) is 8. The van der Waals surface area contributed by atoms with Gasteiger partial charge in [0.15, 0.2) is 17.6 Å². The van der Waals surface area contributed by atoms with Crippen LogP contribution in [0.1, 0.15) is 27.2 Å². The predicted octanol–water partition coefficient (Wildman–Crippen LogP) is 2.73. The second-order valence-electron chi connectivity index (χ2n) is 9.33. The number of ketones is 1. The molecule has 1 aliphatic heterocycles. The number of hydrogen-bond donors (Lipinski definition) is 3. The molecule has 0 aromatic heterocycles. The van der Waals surface area contributed by atoms with Crippen LogP contribution in [0, 0.1) is 5.92 Å². The Bertz CT molecular complexity index is 975. The second-order valence-corrected chi connectivity index (χ2v) is 11.0. The first-order valence-corrected chi connectivity index (χ1v) is 13.5. The van der Waals surface area contributed by atoms with E-state index in [1.165, 1.54) is 31.0 Å². The Hall–Kier alpha value is -1.85. The minimum absolute atomic E-state index is 0.0383. The van der Waals surface area contributed by atoms with Gasteiger partial charge in [0, 0.05) is 17.9 Å². The fourth-order valence-electron chi connectivity index (χ4n) is 3.57. The molecule has 1 saturated heterocycles. The molecule has 0 radical (unpaired) electrons. The van der Waals surface area contributed by atoms with Crippen molar-refractivity contribution < 1.29 is 28.7 Å². The maximum Gasteiger partial charge on any atom is 0.254 e. The molecule has 2 rings (SSSR count). The molecule has 0 saturated carbocycles. The quantitative estimate of drug-likeness (QED) is 0.169. The highest BCUT2D eigenvalue weighted by Crippen LogP contribution is 2.30. The molecular weight excluding hydrogens is 529 g/mol. The number of halogens is 2. The summed E-state index contributed by atoms with van der Waals surface area (Å²) in [5.41, 5.74) is -2.39. The van der Waals surface area contributed by atoms with E-state index in [4.69, 9.17) is 32.7 Å². The van der Waals surface area contributed by atoms with Gasteiger partial charge in [-0.25, -0.2) is 0 Å². The first kappa shape index (κ1) is 30.4. The molecule has 1 aromatic rings. The van der Waals surface area contributed by atoms with Crippen LogP contribution in [0.5, 0.6) is 0 Å². The number of rotatable bonds is 15. The summed E-state index contributed by atoms with van der Waals surface area (Å²) in [6.07, 6.45) is 2.60. The molecule has 0 aliphatic carbocycles. The Balaban J connectivity index is 2.26. The van der Waals surface area contributed by atoms with Gasteiger partial charge in [-0.05, 0) is 43.7 Å². The summed E-state index contributed by atoms with van der Waals surface area (Å²) in [6.45, 7) is 5.66. The van der Waals surface area contributed by atoms with Crippen LogP contribution >= 0.6 is 35.0 Å². The van der Waals surface area contributed by atoms with E-state index in [1.54, 1.807) is 19.2 Å². The number of ether oxygens (including phenoxy) is 2. The summed E-state index contributed by atoms with van der Waals surface area (Å²) in [4.78, 5) is 51.8. The van der Waals surface area contributed by atoms with Crippen LogP contribution in [0.15, 0.2) is 18.2 Å². The van der Waals surface area contributed by atoms with Crippen molar-refractivity contribution in [2.24, 2.45) is 5.92 Å². The van der Waals surface area contributed by atoms with Gasteiger partial charge in [0.1, 0.15) is 11.6 Å². The Morgan fingerprint density at radius 3 is 2.44 bits per heavy atom. The number of benzene rings is 1. The summed E-state index contributed by atoms with van der Waals surface area (Å²) >= 11 is 13.5. The Kier molecular flexibility index (Phi) is 11.0.